The lowest BCUT2D eigenvalue weighted by atomic mass is 9.67. The molecule has 11 aromatic rings. The monoisotopic (exact) mass is 777 g/mol. The van der Waals surface area contributed by atoms with Crippen molar-refractivity contribution in [1.29, 1.82) is 0 Å². The third-order valence-electron chi connectivity index (χ3n) is 12.7. The van der Waals surface area contributed by atoms with Crippen LogP contribution in [-0.4, -0.2) is 0 Å². The average Bonchev–Trinajstić information content (AvgIpc) is 3.87. The third-order valence-corrected chi connectivity index (χ3v) is 12.7. The summed E-state index contributed by atoms with van der Waals surface area (Å²) >= 11 is 0. The Morgan fingerprint density at radius 3 is 1.61 bits per heavy atom. The maximum absolute atomic E-state index is 6.90. The summed E-state index contributed by atoms with van der Waals surface area (Å²) in [7, 11) is 0. The molecule has 286 valence electrons. The first-order valence-corrected chi connectivity index (χ1v) is 21.0. The van der Waals surface area contributed by atoms with Crippen LogP contribution in [0.4, 0.5) is 17.1 Å². The second kappa shape index (κ2) is 14.1. The highest BCUT2D eigenvalue weighted by Crippen LogP contribution is 2.58. The summed E-state index contributed by atoms with van der Waals surface area (Å²) in [5.41, 5.74) is 16.5. The molecule has 1 aliphatic carbocycles. The molecule has 0 saturated carbocycles. The van der Waals surface area contributed by atoms with Crippen molar-refractivity contribution in [2.45, 2.75) is 5.41 Å². The van der Waals surface area contributed by atoms with E-state index in [1.54, 1.807) is 0 Å². The van der Waals surface area contributed by atoms with Gasteiger partial charge < -0.3 is 9.32 Å². The number of benzene rings is 10. The molecule has 0 aliphatic heterocycles. The van der Waals surface area contributed by atoms with Gasteiger partial charge in [0, 0.05) is 16.8 Å². The maximum Gasteiger partial charge on any atom is 0.138 e. The molecular weight excluding hydrogens is 739 g/mol. The standard InChI is InChI=1S/C59H39NO/c1-5-17-40(18-6-1)42-29-32-47(33-30-42)60(54-37-44(41-19-7-2-8-20-41)38-56-58(54)57-49-26-14-13-21-43(49)31-36-55(57)61-56)48-34-35-51-50-27-15-16-28-52(50)59(53(51)39-48,45-22-9-3-10-23-45)46-24-11-4-12-25-46/h1-39H. The molecule has 61 heavy (non-hydrogen) atoms. The summed E-state index contributed by atoms with van der Waals surface area (Å²) in [5, 5.41) is 4.55. The van der Waals surface area contributed by atoms with E-state index >= 15 is 0 Å². The fraction of sp³-hybridized carbons (Fsp3) is 0.0169. The average molecular weight is 778 g/mol. The smallest absolute Gasteiger partial charge is 0.138 e. The zero-order valence-electron chi connectivity index (χ0n) is 33.4. The number of anilines is 3. The maximum atomic E-state index is 6.90. The molecule has 0 amide bonds. The van der Waals surface area contributed by atoms with Crippen LogP contribution >= 0.6 is 0 Å². The van der Waals surface area contributed by atoms with Crippen molar-refractivity contribution in [3.05, 3.63) is 259 Å². The molecule has 10 aromatic carbocycles. The van der Waals surface area contributed by atoms with Gasteiger partial charge in [0.05, 0.1) is 16.5 Å². The lowest BCUT2D eigenvalue weighted by molar-refractivity contribution is 0.669. The summed E-state index contributed by atoms with van der Waals surface area (Å²) in [6.07, 6.45) is 0. The highest BCUT2D eigenvalue weighted by Gasteiger charge is 2.46. The van der Waals surface area contributed by atoms with Gasteiger partial charge >= 0.3 is 0 Å². The Labute approximate surface area is 355 Å². The lowest BCUT2D eigenvalue weighted by Crippen LogP contribution is -2.28. The normalized spacial score (nSPS) is 12.7. The summed E-state index contributed by atoms with van der Waals surface area (Å²) in [6.45, 7) is 0. The van der Waals surface area contributed by atoms with Crippen LogP contribution < -0.4 is 4.90 Å². The fourth-order valence-electron chi connectivity index (χ4n) is 10.1. The van der Waals surface area contributed by atoms with Gasteiger partial charge in [-0.05, 0) is 109 Å². The Balaban J connectivity index is 1.19. The number of hydrogen-bond acceptors (Lipinski definition) is 2. The van der Waals surface area contributed by atoms with Gasteiger partial charge in [0.15, 0.2) is 0 Å². The van der Waals surface area contributed by atoms with Gasteiger partial charge in [0.1, 0.15) is 11.2 Å². The Bertz CT molecular complexity index is 3350. The fourth-order valence-corrected chi connectivity index (χ4v) is 10.1. The second-order valence-corrected chi connectivity index (χ2v) is 16.0. The molecule has 0 unspecified atom stereocenters. The van der Waals surface area contributed by atoms with Gasteiger partial charge in [-0.3, -0.25) is 0 Å². The SMILES string of the molecule is c1ccc(-c2ccc(N(c3ccc4c(c3)C(c3ccccc3)(c3ccccc3)c3ccccc3-4)c3cc(-c4ccccc4)cc4oc5ccc6ccccc6c5c34)cc2)cc1. The molecule has 2 nitrogen and oxygen atoms in total. The largest absolute Gasteiger partial charge is 0.456 e. The minimum Gasteiger partial charge on any atom is -0.456 e. The van der Waals surface area contributed by atoms with Crippen molar-refractivity contribution in [2.24, 2.45) is 0 Å². The summed E-state index contributed by atoms with van der Waals surface area (Å²) in [4.78, 5) is 2.46. The van der Waals surface area contributed by atoms with Crippen LogP contribution in [0, 0.1) is 0 Å². The molecule has 1 aromatic heterocycles. The molecule has 0 radical (unpaired) electrons. The van der Waals surface area contributed by atoms with E-state index in [1.165, 1.54) is 55.3 Å². The van der Waals surface area contributed by atoms with E-state index in [2.05, 4.69) is 241 Å². The van der Waals surface area contributed by atoms with Crippen LogP contribution in [-0.2, 0) is 5.41 Å². The van der Waals surface area contributed by atoms with Crippen molar-refractivity contribution in [1.82, 2.24) is 0 Å². The van der Waals surface area contributed by atoms with Crippen molar-refractivity contribution >= 4 is 49.8 Å². The van der Waals surface area contributed by atoms with Gasteiger partial charge in [0.25, 0.3) is 0 Å². The zero-order chi connectivity index (χ0) is 40.3. The van der Waals surface area contributed by atoms with Gasteiger partial charge in [-0.1, -0.05) is 194 Å². The first kappa shape index (κ1) is 35.0. The van der Waals surface area contributed by atoms with Gasteiger partial charge in [-0.2, -0.15) is 0 Å². The van der Waals surface area contributed by atoms with E-state index in [1.807, 2.05) is 0 Å². The number of furan rings is 1. The third kappa shape index (κ3) is 5.50. The topological polar surface area (TPSA) is 16.4 Å². The molecule has 0 bridgehead atoms. The van der Waals surface area contributed by atoms with Crippen LogP contribution in [0.25, 0.3) is 66.1 Å². The predicted octanol–water partition coefficient (Wildman–Crippen LogP) is 15.9. The van der Waals surface area contributed by atoms with E-state index in [-0.39, 0.29) is 0 Å². The van der Waals surface area contributed by atoms with Crippen molar-refractivity contribution < 1.29 is 4.42 Å². The number of rotatable bonds is 7. The molecule has 0 saturated heterocycles. The van der Waals surface area contributed by atoms with E-state index in [0.717, 1.165) is 50.1 Å². The molecule has 2 heteroatoms. The van der Waals surface area contributed by atoms with Crippen molar-refractivity contribution in [2.75, 3.05) is 4.90 Å². The molecule has 1 aliphatic rings. The number of hydrogen-bond donors (Lipinski definition) is 0. The molecule has 0 atom stereocenters. The second-order valence-electron chi connectivity index (χ2n) is 16.0. The van der Waals surface area contributed by atoms with Crippen molar-refractivity contribution in [3.8, 4) is 33.4 Å². The first-order chi connectivity index (χ1) is 30.3. The predicted molar refractivity (Wildman–Crippen MR) is 254 cm³/mol. The van der Waals surface area contributed by atoms with E-state index < -0.39 is 5.41 Å². The van der Waals surface area contributed by atoms with E-state index in [0.29, 0.717) is 0 Å². The zero-order valence-corrected chi connectivity index (χ0v) is 33.4. The Morgan fingerprint density at radius 2 is 0.902 bits per heavy atom. The van der Waals surface area contributed by atoms with E-state index in [4.69, 9.17) is 4.42 Å². The molecular formula is C59H39NO. The van der Waals surface area contributed by atoms with Gasteiger partial charge in [-0.25, -0.2) is 0 Å². The summed E-state index contributed by atoms with van der Waals surface area (Å²) < 4.78 is 6.90. The summed E-state index contributed by atoms with van der Waals surface area (Å²) in [6, 6.07) is 86.0. The van der Waals surface area contributed by atoms with Crippen LogP contribution in [0.2, 0.25) is 0 Å². The minimum atomic E-state index is -0.549. The van der Waals surface area contributed by atoms with Crippen LogP contribution in [0.3, 0.4) is 0 Å². The molecule has 0 spiro atoms. The highest BCUT2D eigenvalue weighted by molar-refractivity contribution is 6.24. The molecule has 1 heterocycles. The molecule has 0 fully saturated rings. The first-order valence-electron chi connectivity index (χ1n) is 21.0. The number of nitrogens with zero attached hydrogens (tertiary/aromatic N) is 1. The quantitative estimate of drug-likeness (QED) is 0.160. The Hall–Kier alpha value is -7.94. The Kier molecular flexibility index (Phi) is 8.11. The van der Waals surface area contributed by atoms with Crippen LogP contribution in [0.1, 0.15) is 22.3 Å². The lowest BCUT2D eigenvalue weighted by Gasteiger charge is -2.35. The van der Waals surface area contributed by atoms with Crippen LogP contribution in [0.5, 0.6) is 0 Å². The minimum absolute atomic E-state index is 0.549. The van der Waals surface area contributed by atoms with Gasteiger partial charge in [0.2, 0.25) is 0 Å². The van der Waals surface area contributed by atoms with Crippen LogP contribution in [0.15, 0.2) is 241 Å². The molecule has 0 N–H and O–H groups in total. The molecule has 12 rings (SSSR count). The van der Waals surface area contributed by atoms with Crippen molar-refractivity contribution in [3.63, 3.8) is 0 Å². The highest BCUT2D eigenvalue weighted by atomic mass is 16.3. The summed E-state index contributed by atoms with van der Waals surface area (Å²) in [5.74, 6) is 0. The number of fused-ring (bicyclic) bond motifs is 8. The Morgan fingerprint density at radius 1 is 0.344 bits per heavy atom. The van der Waals surface area contributed by atoms with Gasteiger partial charge in [-0.15, -0.1) is 0 Å². The van der Waals surface area contributed by atoms with E-state index in [9.17, 15) is 0 Å².